The van der Waals surface area contributed by atoms with Crippen LogP contribution in [0.15, 0.2) is 89.6 Å². The standard InChI is InChI=1S/C44H47Cl2F2N7O5S/c1-44(2)14-12-29(35(22-44)28-6-8-30(45)9-7-28)25-53-16-18-55(19-17-53)31-10-11-34(40(20-31)60-39-5-3-4-38-36(39)24-50-51-38)42(56)52-61(57,58)33-21-37(46)43(49-23-33)59-32-13-15-54(26-32)27-41(47)48/h3-11,20-21,23-24,32,41H,12-19,22,25-27H2,1-2H3,(H,50,51)(H,52,56)/t32-/m1/s1. The summed E-state index contributed by atoms with van der Waals surface area (Å²) in [6, 6.07) is 19.8. The molecule has 322 valence electrons. The number of rotatable bonds is 13. The first-order chi connectivity index (χ1) is 29.2. The highest BCUT2D eigenvalue weighted by Gasteiger charge is 2.31. The minimum Gasteiger partial charge on any atom is -0.472 e. The first-order valence-electron chi connectivity index (χ1n) is 20.3. The van der Waals surface area contributed by atoms with Crippen molar-refractivity contribution in [1.82, 2.24) is 29.7 Å². The van der Waals surface area contributed by atoms with Gasteiger partial charge in [0.15, 0.2) is 0 Å². The fourth-order valence-corrected chi connectivity index (χ4v) is 9.65. The van der Waals surface area contributed by atoms with Crippen molar-refractivity contribution in [2.75, 3.05) is 57.3 Å². The van der Waals surface area contributed by atoms with Crippen LogP contribution in [0.1, 0.15) is 55.5 Å². The smallest absolute Gasteiger partial charge is 0.268 e. The number of carbonyl (C=O) groups is 1. The van der Waals surface area contributed by atoms with Gasteiger partial charge in [-0.15, -0.1) is 0 Å². The van der Waals surface area contributed by atoms with Crippen LogP contribution in [0.5, 0.6) is 17.4 Å². The third-order valence-corrected chi connectivity index (χ3v) is 13.4. The van der Waals surface area contributed by atoms with Crippen LogP contribution in [0.4, 0.5) is 14.5 Å². The number of benzene rings is 3. The fraction of sp³-hybridized carbons (Fsp3) is 0.386. The molecular weight excluding hydrogens is 847 g/mol. The molecule has 2 aromatic heterocycles. The molecule has 2 aliphatic heterocycles. The van der Waals surface area contributed by atoms with Crippen molar-refractivity contribution >= 4 is 61.3 Å². The van der Waals surface area contributed by atoms with Crippen molar-refractivity contribution < 1.29 is 31.5 Å². The lowest BCUT2D eigenvalue weighted by Gasteiger charge is -2.39. The number of H-pyrrole nitrogens is 1. The normalized spacial score (nSPS) is 18.9. The number of amides is 1. The average molecular weight is 895 g/mol. The van der Waals surface area contributed by atoms with Crippen LogP contribution < -0.4 is 19.1 Å². The van der Waals surface area contributed by atoms with Crippen LogP contribution in [-0.4, -0.2) is 104 Å². The zero-order valence-corrected chi connectivity index (χ0v) is 36.2. The van der Waals surface area contributed by atoms with Crippen molar-refractivity contribution in [2.45, 2.75) is 57.0 Å². The highest BCUT2D eigenvalue weighted by atomic mass is 35.5. The third-order valence-electron chi connectivity index (χ3n) is 11.6. The summed E-state index contributed by atoms with van der Waals surface area (Å²) in [5, 5.41) is 8.35. The molecule has 2 N–H and O–H groups in total. The number of carbonyl (C=O) groups excluding carboxylic acids is 1. The quantitative estimate of drug-likeness (QED) is 0.118. The van der Waals surface area contributed by atoms with Crippen LogP contribution >= 0.6 is 23.2 Å². The Labute approximate surface area is 363 Å². The van der Waals surface area contributed by atoms with E-state index in [0.29, 0.717) is 24.1 Å². The zero-order chi connectivity index (χ0) is 42.9. The van der Waals surface area contributed by atoms with E-state index in [1.807, 2.05) is 18.2 Å². The van der Waals surface area contributed by atoms with Crippen molar-refractivity contribution in [2.24, 2.45) is 5.41 Å². The van der Waals surface area contributed by atoms with Gasteiger partial charge in [-0.25, -0.2) is 26.9 Å². The number of anilines is 1. The molecule has 12 nitrogen and oxygen atoms in total. The SMILES string of the molecule is CC1(C)CCC(CN2CCN(c3ccc(C(=O)NS(=O)(=O)c4cnc(O[C@@H]5CCN(CC(F)F)C5)c(Cl)c4)c(Oc4cccc5[nH]ncc45)c3)CC2)=C(c2ccc(Cl)cc2)C1. The fourth-order valence-electron chi connectivity index (χ4n) is 8.32. The molecule has 1 amide bonds. The molecule has 4 heterocycles. The van der Waals surface area contributed by atoms with Gasteiger partial charge in [0.05, 0.1) is 35.4 Å². The molecule has 0 radical (unpaired) electrons. The number of aromatic amines is 1. The number of aromatic nitrogens is 3. The number of likely N-dealkylation sites (tertiary alicyclic amines) is 1. The molecule has 5 aromatic rings. The molecular formula is C44H47Cl2F2N7O5S. The topological polar surface area (TPSA) is 133 Å². The van der Waals surface area contributed by atoms with Gasteiger partial charge in [0.1, 0.15) is 27.5 Å². The number of allylic oxidation sites excluding steroid dienone is 1. The van der Waals surface area contributed by atoms with E-state index in [1.54, 1.807) is 41.4 Å². The number of piperazine rings is 1. The van der Waals surface area contributed by atoms with Crippen LogP contribution in [0.25, 0.3) is 16.5 Å². The number of alkyl halides is 2. The monoisotopic (exact) mass is 893 g/mol. The van der Waals surface area contributed by atoms with Gasteiger partial charge in [0, 0.05) is 62.6 Å². The molecule has 0 spiro atoms. The molecule has 61 heavy (non-hydrogen) atoms. The van der Waals surface area contributed by atoms with E-state index in [-0.39, 0.29) is 45.6 Å². The lowest BCUT2D eigenvalue weighted by atomic mass is 9.72. The van der Waals surface area contributed by atoms with Gasteiger partial charge in [0.25, 0.3) is 22.4 Å². The van der Waals surface area contributed by atoms with Crippen LogP contribution in [0.2, 0.25) is 10.0 Å². The second kappa shape index (κ2) is 17.9. The molecule has 3 aliphatic rings. The number of pyridine rings is 1. The Morgan fingerprint density at radius 2 is 1.77 bits per heavy atom. The number of hydrogen-bond donors (Lipinski definition) is 2. The van der Waals surface area contributed by atoms with E-state index >= 15 is 0 Å². The van der Waals surface area contributed by atoms with E-state index in [4.69, 9.17) is 32.7 Å². The van der Waals surface area contributed by atoms with Crippen LogP contribution in [-0.2, 0) is 10.0 Å². The number of hydrogen-bond acceptors (Lipinski definition) is 10. The Balaban J connectivity index is 0.987. The first kappa shape index (κ1) is 42.9. The van der Waals surface area contributed by atoms with Gasteiger partial charge >= 0.3 is 0 Å². The second-order valence-electron chi connectivity index (χ2n) is 16.6. The lowest BCUT2D eigenvalue weighted by Crippen LogP contribution is -2.47. The summed E-state index contributed by atoms with van der Waals surface area (Å²) in [7, 11) is -4.48. The van der Waals surface area contributed by atoms with E-state index in [2.05, 4.69) is 55.7 Å². The molecule has 1 aliphatic carbocycles. The average Bonchev–Trinajstić information content (AvgIpc) is 3.89. The van der Waals surface area contributed by atoms with Crippen molar-refractivity contribution in [3.8, 4) is 17.4 Å². The maximum absolute atomic E-state index is 13.9. The number of ether oxygens (including phenoxy) is 2. The number of nitrogens with one attached hydrogen (secondary N) is 2. The van der Waals surface area contributed by atoms with E-state index in [1.165, 1.54) is 16.7 Å². The van der Waals surface area contributed by atoms with E-state index in [0.717, 1.165) is 80.5 Å². The maximum Gasteiger partial charge on any atom is 0.268 e. The molecule has 17 heteroatoms. The Morgan fingerprint density at radius 3 is 2.52 bits per heavy atom. The molecule has 2 fully saturated rings. The molecule has 1 atom stereocenters. The van der Waals surface area contributed by atoms with E-state index in [9.17, 15) is 22.0 Å². The molecule has 0 saturated carbocycles. The summed E-state index contributed by atoms with van der Waals surface area (Å²) in [6.45, 7) is 8.98. The largest absolute Gasteiger partial charge is 0.472 e. The predicted molar refractivity (Wildman–Crippen MR) is 233 cm³/mol. The lowest BCUT2D eigenvalue weighted by molar-refractivity contribution is 0.0926. The van der Waals surface area contributed by atoms with Gasteiger partial charge in [-0.05, 0) is 84.7 Å². The highest BCUT2D eigenvalue weighted by molar-refractivity contribution is 7.90. The number of fused-ring (bicyclic) bond motifs is 1. The Hall–Kier alpha value is -4.80. The highest BCUT2D eigenvalue weighted by Crippen LogP contribution is 2.43. The van der Waals surface area contributed by atoms with Crippen LogP contribution in [0, 0.1) is 5.41 Å². The van der Waals surface area contributed by atoms with Gasteiger partial charge in [0.2, 0.25) is 5.88 Å². The van der Waals surface area contributed by atoms with Crippen molar-refractivity contribution in [3.63, 3.8) is 0 Å². The summed E-state index contributed by atoms with van der Waals surface area (Å²) >= 11 is 12.6. The van der Waals surface area contributed by atoms with Crippen molar-refractivity contribution in [3.05, 3.63) is 106 Å². The van der Waals surface area contributed by atoms with Crippen molar-refractivity contribution in [1.29, 1.82) is 0 Å². The maximum atomic E-state index is 13.9. The van der Waals surface area contributed by atoms with Gasteiger partial charge in [-0.3, -0.25) is 19.7 Å². The van der Waals surface area contributed by atoms with Gasteiger partial charge in [-0.2, -0.15) is 5.10 Å². The minimum atomic E-state index is -4.48. The number of sulfonamides is 1. The first-order valence-corrected chi connectivity index (χ1v) is 22.5. The Kier molecular flexibility index (Phi) is 12.6. The predicted octanol–water partition coefficient (Wildman–Crippen LogP) is 8.68. The Bertz CT molecular complexity index is 2550. The van der Waals surface area contributed by atoms with Crippen LogP contribution in [0.3, 0.4) is 0 Å². The number of halogens is 4. The van der Waals surface area contributed by atoms with E-state index < -0.39 is 28.5 Å². The molecule has 0 unspecified atom stereocenters. The van der Waals surface area contributed by atoms with Gasteiger partial charge < -0.3 is 14.4 Å². The van der Waals surface area contributed by atoms with Gasteiger partial charge in [-0.1, -0.05) is 60.8 Å². The second-order valence-corrected chi connectivity index (χ2v) is 19.2. The summed E-state index contributed by atoms with van der Waals surface area (Å²) in [4.78, 5) is 23.9. The summed E-state index contributed by atoms with van der Waals surface area (Å²) < 4.78 is 67.2. The third kappa shape index (κ3) is 10.1. The number of nitrogens with zero attached hydrogens (tertiary/aromatic N) is 5. The molecule has 2 saturated heterocycles. The Morgan fingerprint density at radius 1 is 0.984 bits per heavy atom. The molecule has 0 bridgehead atoms. The molecule has 3 aromatic carbocycles. The zero-order valence-electron chi connectivity index (χ0n) is 33.8. The summed E-state index contributed by atoms with van der Waals surface area (Å²) in [5.74, 6) is -0.375. The minimum absolute atomic E-state index is 0.0121. The molecule has 8 rings (SSSR count). The summed E-state index contributed by atoms with van der Waals surface area (Å²) in [5.41, 5.74) is 5.87. The summed E-state index contributed by atoms with van der Waals surface area (Å²) in [6.07, 6.45) is 3.43.